The molecule has 0 aliphatic rings. The normalized spacial score (nSPS) is 11.5. The molecule has 0 aliphatic heterocycles. The Bertz CT molecular complexity index is 90.7. The van der Waals surface area contributed by atoms with Crippen molar-refractivity contribution >= 4 is 16.5 Å². The number of hydrogen-bond donors (Lipinski definition) is 0. The van der Waals surface area contributed by atoms with Crippen LogP contribution in [0, 0.1) is 0 Å². The zero-order chi connectivity index (χ0) is 7.71. The summed E-state index contributed by atoms with van der Waals surface area (Å²) in [5.74, 6) is 0. The van der Waals surface area contributed by atoms with Crippen molar-refractivity contribution in [2.75, 3.05) is 0 Å². The summed E-state index contributed by atoms with van der Waals surface area (Å²) in [5, 5.41) is 0. The molecule has 0 saturated carbocycles. The van der Waals surface area contributed by atoms with Crippen molar-refractivity contribution in [1.29, 1.82) is 0 Å². The van der Waals surface area contributed by atoms with Crippen LogP contribution in [0.3, 0.4) is 0 Å². The molecule has 0 amide bonds. The first kappa shape index (κ1) is 19.2. The van der Waals surface area contributed by atoms with Crippen LogP contribution in [-0.4, -0.2) is 16.5 Å². The Hall–Kier alpha value is 2.63. The second-order valence-electron chi connectivity index (χ2n) is 4.45. The van der Waals surface area contributed by atoms with Crippen molar-refractivity contribution in [3.8, 4) is 0 Å². The Morgan fingerprint density at radius 2 is 1.00 bits per heavy atom. The van der Waals surface area contributed by atoms with Gasteiger partial charge in [-0.05, 0) is 0 Å². The van der Waals surface area contributed by atoms with Crippen LogP contribution in [0.5, 0.6) is 0 Å². The molecule has 1 nitrogen and oxygen atoms in total. The minimum atomic E-state index is -1.11. The van der Waals surface area contributed by atoms with Gasteiger partial charge in [0.2, 0.25) is 0 Å². The summed E-state index contributed by atoms with van der Waals surface area (Å²) in [7, 11) is -2.21. The predicted molar refractivity (Wildman–Crippen MR) is 51.2 cm³/mol. The zero-order valence-corrected chi connectivity index (χ0v) is 14.6. The van der Waals surface area contributed by atoms with Gasteiger partial charge in [-0.1, -0.05) is 55.8 Å². The van der Waals surface area contributed by atoms with E-state index in [9.17, 15) is 0 Å². The zero-order valence-electron chi connectivity index (χ0n) is 10.4. The van der Waals surface area contributed by atoms with Gasteiger partial charge < -0.3 is 6.07 Å². The minimum absolute atomic E-state index is 0. The van der Waals surface area contributed by atoms with Crippen LogP contribution in [0.4, 0.5) is 0 Å². The fraction of sp³-hybridized carbons (Fsp3) is 1.00. The molecule has 0 aromatic rings. The van der Waals surface area contributed by atoms with Crippen molar-refractivity contribution in [3.05, 3.63) is 4.65 Å². The van der Waals surface area contributed by atoms with Crippen LogP contribution in [0.15, 0.2) is 0 Å². The van der Waals surface area contributed by atoms with Crippen LogP contribution in [0.25, 0.3) is 4.65 Å². The van der Waals surface area contributed by atoms with E-state index in [-0.39, 0.29) is 71.7 Å². The maximum atomic E-state index is 4.82. The third-order valence-electron chi connectivity index (χ3n) is 0.671. The average Bonchev–Trinajstić information content (AvgIpc) is 1.14. The fourth-order valence-electron chi connectivity index (χ4n) is 1.01. The summed E-state index contributed by atoms with van der Waals surface area (Å²) in [5.41, 5.74) is 0. The summed E-state index contributed by atoms with van der Waals surface area (Å²) in [4.78, 5) is 0. The van der Waals surface area contributed by atoms with Gasteiger partial charge in [0.1, 0.15) is 0 Å². The van der Waals surface area contributed by atoms with Gasteiger partial charge in [-0.3, -0.25) is 0 Å². The van der Waals surface area contributed by atoms with E-state index in [0.29, 0.717) is 0 Å². The molecule has 0 N–H and O–H groups in total. The molecule has 0 aromatic heterocycles. The van der Waals surface area contributed by atoms with E-state index < -0.39 is 16.5 Å². The van der Waals surface area contributed by atoms with Gasteiger partial charge >= 0.3 is 70.2 Å². The predicted octanol–water partition coefficient (Wildman–Crippen LogP) is -2.85. The molecule has 58 valence electrons. The summed E-state index contributed by atoms with van der Waals surface area (Å²) >= 11 is 0. The van der Waals surface area contributed by atoms with Crippen molar-refractivity contribution in [3.63, 3.8) is 0 Å². The summed E-state index contributed by atoms with van der Waals surface area (Å²) in [6.07, 6.45) is 0. The Labute approximate surface area is 130 Å². The average molecular weight is 207 g/mol. The summed E-state index contributed by atoms with van der Waals surface area (Å²) in [6, 6.07) is 0. The van der Waals surface area contributed by atoms with Crippen LogP contribution in [0.2, 0.25) is 39.3 Å². The Morgan fingerprint density at radius 3 is 1.00 bits per heavy atom. The molecule has 0 spiro atoms. The smallest absolute Gasteiger partial charge is 1.00 e. The molecule has 0 aliphatic carbocycles. The standard InChI is InChI=1S/C6H18NSi2.K.Li.H/c1-8(2,3)7-9(4,5)6;;;/h1-6H3;;;/q-1;2*+1;-1. The van der Waals surface area contributed by atoms with E-state index in [1.807, 2.05) is 0 Å². The van der Waals surface area contributed by atoms with Crippen LogP contribution < -0.4 is 70.2 Å². The maximum Gasteiger partial charge on any atom is 1.00 e. The Balaban J connectivity index is -0.000000107. The maximum absolute atomic E-state index is 4.82. The number of nitrogens with zero attached hydrogens (tertiary/aromatic N) is 1. The topological polar surface area (TPSA) is 14.1 Å². The summed E-state index contributed by atoms with van der Waals surface area (Å²) < 4.78 is 4.82. The quantitative estimate of drug-likeness (QED) is 0.433. The van der Waals surface area contributed by atoms with Crippen molar-refractivity contribution in [2.24, 2.45) is 0 Å². The van der Waals surface area contributed by atoms with Gasteiger partial charge in [-0.15, -0.1) is 0 Å². The van der Waals surface area contributed by atoms with Crippen molar-refractivity contribution in [1.82, 2.24) is 0 Å². The van der Waals surface area contributed by atoms with Gasteiger partial charge in [-0.2, -0.15) is 0 Å². The van der Waals surface area contributed by atoms with Crippen LogP contribution in [-0.2, 0) is 0 Å². The van der Waals surface area contributed by atoms with E-state index in [2.05, 4.69) is 39.3 Å². The Morgan fingerprint density at radius 1 is 0.818 bits per heavy atom. The van der Waals surface area contributed by atoms with E-state index in [4.69, 9.17) is 4.65 Å². The van der Waals surface area contributed by atoms with E-state index in [1.54, 1.807) is 0 Å². The number of rotatable bonds is 2. The van der Waals surface area contributed by atoms with Crippen LogP contribution in [0.1, 0.15) is 1.43 Å². The van der Waals surface area contributed by atoms with Gasteiger partial charge in [-0.25, -0.2) is 0 Å². The first-order valence-corrected chi connectivity index (χ1v) is 10.3. The molecule has 0 radical (unpaired) electrons. The molecule has 5 heteroatoms. The van der Waals surface area contributed by atoms with Crippen molar-refractivity contribution < 1.29 is 71.7 Å². The van der Waals surface area contributed by atoms with Gasteiger partial charge in [0, 0.05) is 0 Å². The SMILES string of the molecule is C[Si](C)(C)[N-][Si](C)(C)C.[H-].[K+].[Li+]. The third kappa shape index (κ3) is 19.2. The molecule has 0 atom stereocenters. The molecular formula is C6H19KLiNSi2. The summed E-state index contributed by atoms with van der Waals surface area (Å²) in [6.45, 7) is 13.8. The monoisotopic (exact) mass is 207 g/mol. The molecule has 0 unspecified atom stereocenters. The van der Waals surface area contributed by atoms with E-state index in [1.165, 1.54) is 0 Å². The fourth-order valence-corrected chi connectivity index (χ4v) is 9.06. The van der Waals surface area contributed by atoms with Crippen molar-refractivity contribution in [2.45, 2.75) is 39.3 Å². The largest absolute Gasteiger partial charge is 1.00 e. The molecule has 0 fully saturated rings. The Kier molecular flexibility index (Phi) is 12.2. The molecule has 0 aromatic carbocycles. The van der Waals surface area contributed by atoms with Crippen LogP contribution >= 0.6 is 0 Å². The van der Waals surface area contributed by atoms with Gasteiger partial charge in [0.05, 0.1) is 0 Å². The first-order valence-electron chi connectivity index (χ1n) is 3.45. The third-order valence-corrected chi connectivity index (χ3v) is 6.04. The number of hydrogen-bond acceptors (Lipinski definition) is 0. The molecule has 0 bridgehead atoms. The first-order chi connectivity index (χ1) is 3.71. The van der Waals surface area contributed by atoms with Gasteiger partial charge in [0.15, 0.2) is 0 Å². The second-order valence-corrected chi connectivity index (χ2v) is 14.0. The van der Waals surface area contributed by atoms with E-state index in [0.717, 1.165) is 0 Å². The van der Waals surface area contributed by atoms with E-state index >= 15 is 0 Å². The molecule has 0 saturated heterocycles. The molecule has 0 heterocycles. The second kappa shape index (κ2) is 6.99. The molecule has 0 rings (SSSR count). The minimum Gasteiger partial charge on any atom is -1.00 e. The van der Waals surface area contributed by atoms with Gasteiger partial charge in [0.25, 0.3) is 0 Å². The molecule has 11 heavy (non-hydrogen) atoms. The molecular weight excluding hydrogens is 188 g/mol.